The van der Waals surface area contributed by atoms with E-state index in [0.29, 0.717) is 18.3 Å². The van der Waals surface area contributed by atoms with Crippen LogP contribution in [-0.2, 0) is 6.54 Å². The highest BCUT2D eigenvalue weighted by Crippen LogP contribution is 2.40. The molecule has 2 heterocycles. The number of hydrogen-bond donors (Lipinski definition) is 3. The fourth-order valence-corrected chi connectivity index (χ4v) is 3.73. The minimum atomic E-state index is -0.978. The van der Waals surface area contributed by atoms with E-state index < -0.39 is 5.97 Å². The molecule has 2 aromatic heterocycles. The van der Waals surface area contributed by atoms with Gasteiger partial charge in [-0.05, 0) is 72.4 Å². The largest absolute Gasteiger partial charge is 0.508 e. The van der Waals surface area contributed by atoms with Crippen LogP contribution in [0, 0.1) is 0 Å². The van der Waals surface area contributed by atoms with Crippen LogP contribution in [0.5, 0.6) is 5.75 Å². The summed E-state index contributed by atoms with van der Waals surface area (Å²) in [4.78, 5) is 16.1. The Morgan fingerprint density at radius 1 is 1.10 bits per heavy atom. The molecule has 0 unspecified atom stereocenters. The molecular weight excluding hydrogens is 378 g/mol. The van der Waals surface area contributed by atoms with Crippen LogP contribution in [-0.4, -0.2) is 25.7 Å². The number of aromatic hydroxyl groups is 1. The number of benzene rings is 2. The third kappa shape index (κ3) is 3.59. The van der Waals surface area contributed by atoms with E-state index in [1.807, 2.05) is 42.6 Å². The van der Waals surface area contributed by atoms with Gasteiger partial charge in [0.05, 0.1) is 0 Å². The van der Waals surface area contributed by atoms with Crippen molar-refractivity contribution in [2.45, 2.75) is 25.3 Å². The Labute approximate surface area is 173 Å². The van der Waals surface area contributed by atoms with Crippen LogP contribution in [0.1, 0.15) is 40.2 Å². The lowest BCUT2D eigenvalue weighted by atomic mass is 10.1. The third-order valence-corrected chi connectivity index (χ3v) is 5.51. The zero-order chi connectivity index (χ0) is 20.7. The van der Waals surface area contributed by atoms with E-state index in [-0.39, 0.29) is 11.3 Å². The van der Waals surface area contributed by atoms with Crippen LogP contribution in [0.25, 0.3) is 10.9 Å². The maximum absolute atomic E-state index is 11.7. The number of anilines is 2. The number of nitrogens with one attached hydrogen (secondary N) is 1. The molecule has 0 radical (unpaired) electrons. The first-order valence-electron chi connectivity index (χ1n) is 9.94. The zero-order valence-corrected chi connectivity index (χ0v) is 16.2. The molecule has 30 heavy (non-hydrogen) atoms. The molecule has 5 rings (SSSR count). The number of aromatic nitrogens is 2. The Bertz CT molecular complexity index is 1240. The molecule has 0 amide bonds. The van der Waals surface area contributed by atoms with Crippen molar-refractivity contribution in [1.82, 2.24) is 9.55 Å². The van der Waals surface area contributed by atoms with E-state index in [9.17, 15) is 15.0 Å². The number of phenols is 1. The smallest absolute Gasteiger partial charge is 0.339 e. The normalized spacial score (nSPS) is 13.5. The van der Waals surface area contributed by atoms with Gasteiger partial charge in [-0.25, -0.2) is 9.78 Å². The molecule has 1 saturated carbocycles. The number of aromatic carboxylic acids is 1. The number of fused-ring (bicyclic) bond motifs is 1. The predicted octanol–water partition coefficient (Wildman–Crippen LogP) is 5.11. The molecule has 6 heteroatoms. The summed E-state index contributed by atoms with van der Waals surface area (Å²) >= 11 is 0. The lowest BCUT2D eigenvalue weighted by molar-refractivity contribution is 0.0697. The van der Waals surface area contributed by atoms with E-state index >= 15 is 0 Å². The molecule has 0 atom stereocenters. The molecule has 0 saturated heterocycles. The molecule has 6 nitrogen and oxygen atoms in total. The van der Waals surface area contributed by atoms with Gasteiger partial charge in [0, 0.05) is 35.5 Å². The van der Waals surface area contributed by atoms with Crippen LogP contribution < -0.4 is 5.32 Å². The monoisotopic (exact) mass is 399 g/mol. The third-order valence-electron chi connectivity index (χ3n) is 5.51. The Morgan fingerprint density at radius 3 is 2.63 bits per heavy atom. The second-order valence-electron chi connectivity index (χ2n) is 7.75. The Morgan fingerprint density at radius 2 is 1.90 bits per heavy atom. The number of rotatable bonds is 6. The van der Waals surface area contributed by atoms with Crippen LogP contribution in [0.3, 0.4) is 0 Å². The first-order valence-corrected chi connectivity index (χ1v) is 9.94. The van der Waals surface area contributed by atoms with Gasteiger partial charge in [0.2, 0.25) is 0 Å². The first-order chi connectivity index (χ1) is 14.6. The van der Waals surface area contributed by atoms with Gasteiger partial charge in [-0.1, -0.05) is 12.1 Å². The minimum absolute atomic E-state index is 0.199. The van der Waals surface area contributed by atoms with Crippen molar-refractivity contribution < 1.29 is 15.0 Å². The number of hydrogen-bond acceptors (Lipinski definition) is 4. The van der Waals surface area contributed by atoms with Gasteiger partial charge in [0.1, 0.15) is 17.1 Å². The summed E-state index contributed by atoms with van der Waals surface area (Å²) in [6, 6.07) is 16.9. The summed E-state index contributed by atoms with van der Waals surface area (Å²) in [6.45, 7) is 0.698. The molecule has 0 aliphatic heterocycles. The van der Waals surface area contributed by atoms with Gasteiger partial charge in [0.25, 0.3) is 0 Å². The zero-order valence-electron chi connectivity index (χ0n) is 16.2. The van der Waals surface area contributed by atoms with Crippen molar-refractivity contribution in [1.29, 1.82) is 0 Å². The highest BCUT2D eigenvalue weighted by atomic mass is 16.4. The molecule has 3 N–H and O–H groups in total. The van der Waals surface area contributed by atoms with Crippen molar-refractivity contribution in [3.8, 4) is 5.75 Å². The summed E-state index contributed by atoms with van der Waals surface area (Å²) in [5.74, 6) is 0.0871. The SMILES string of the molecule is O=C(O)c1cc(C2CC2)cnc1Nc1ccc2c(ccn2Cc2ccc(O)cc2)c1. The fourth-order valence-electron chi connectivity index (χ4n) is 3.73. The molecule has 4 aromatic rings. The van der Waals surface area contributed by atoms with Crippen LogP contribution in [0.4, 0.5) is 11.5 Å². The standard InChI is InChI=1S/C24H21N3O3/c28-20-6-1-15(2-7-20)14-27-10-9-17-11-19(5-8-22(17)27)26-23-21(24(29)30)12-18(13-25-23)16-3-4-16/h1-2,5-13,16,28H,3-4,14H2,(H,25,26)(H,29,30). The lowest BCUT2D eigenvalue weighted by Gasteiger charge is -2.11. The number of carboxylic acids is 1. The highest BCUT2D eigenvalue weighted by Gasteiger charge is 2.26. The summed E-state index contributed by atoms with van der Waals surface area (Å²) in [7, 11) is 0. The molecular formula is C24H21N3O3. The number of pyridine rings is 1. The minimum Gasteiger partial charge on any atom is -0.508 e. The Kier molecular flexibility index (Phi) is 4.39. The van der Waals surface area contributed by atoms with Crippen LogP contribution in [0.15, 0.2) is 67.0 Å². The topological polar surface area (TPSA) is 87.4 Å². The van der Waals surface area contributed by atoms with Crippen LogP contribution >= 0.6 is 0 Å². The summed E-state index contributed by atoms with van der Waals surface area (Å²) in [6.07, 6.45) is 6.00. The van der Waals surface area contributed by atoms with Gasteiger partial charge >= 0.3 is 5.97 Å². The molecule has 2 aromatic carbocycles. The number of carboxylic acid groups (broad SMARTS) is 1. The maximum atomic E-state index is 11.7. The quantitative estimate of drug-likeness (QED) is 0.419. The van der Waals surface area contributed by atoms with Crippen LogP contribution in [0.2, 0.25) is 0 Å². The molecule has 1 aliphatic carbocycles. The van der Waals surface area contributed by atoms with Crippen molar-refractivity contribution in [2.24, 2.45) is 0 Å². The van der Waals surface area contributed by atoms with Crippen molar-refractivity contribution in [2.75, 3.05) is 5.32 Å². The molecule has 150 valence electrons. The average Bonchev–Trinajstić information content (AvgIpc) is 3.52. The van der Waals surface area contributed by atoms with E-state index in [1.165, 1.54) is 0 Å². The summed E-state index contributed by atoms with van der Waals surface area (Å²) < 4.78 is 2.14. The Hall–Kier alpha value is -3.80. The van der Waals surface area contributed by atoms with Gasteiger partial charge in [0.15, 0.2) is 0 Å². The van der Waals surface area contributed by atoms with Crippen molar-refractivity contribution in [3.05, 3.63) is 83.7 Å². The van der Waals surface area contributed by atoms with Crippen molar-refractivity contribution in [3.63, 3.8) is 0 Å². The van der Waals surface area contributed by atoms with Gasteiger partial charge in [-0.2, -0.15) is 0 Å². The lowest BCUT2D eigenvalue weighted by Crippen LogP contribution is -2.06. The van der Waals surface area contributed by atoms with E-state index in [2.05, 4.69) is 14.9 Å². The number of phenolic OH excluding ortho intramolecular Hbond substituents is 1. The first kappa shape index (κ1) is 18.2. The van der Waals surface area contributed by atoms with Gasteiger partial charge in [-0.15, -0.1) is 0 Å². The molecule has 0 bridgehead atoms. The van der Waals surface area contributed by atoms with Gasteiger partial charge in [-0.3, -0.25) is 0 Å². The fraction of sp³-hybridized carbons (Fsp3) is 0.167. The average molecular weight is 399 g/mol. The molecule has 0 spiro atoms. The molecule has 1 aliphatic rings. The van der Waals surface area contributed by atoms with E-state index in [4.69, 9.17) is 0 Å². The summed E-state index contributed by atoms with van der Waals surface area (Å²) in [5.41, 5.74) is 4.16. The maximum Gasteiger partial charge on any atom is 0.339 e. The Balaban J connectivity index is 1.41. The van der Waals surface area contributed by atoms with Crippen molar-refractivity contribution >= 4 is 28.4 Å². The molecule has 1 fully saturated rings. The van der Waals surface area contributed by atoms with E-state index in [1.54, 1.807) is 24.4 Å². The highest BCUT2D eigenvalue weighted by molar-refractivity contribution is 5.94. The second kappa shape index (κ2) is 7.22. The summed E-state index contributed by atoms with van der Waals surface area (Å²) in [5, 5.41) is 23.3. The number of nitrogens with zero attached hydrogens (tertiary/aromatic N) is 2. The predicted molar refractivity (Wildman–Crippen MR) is 116 cm³/mol. The second-order valence-corrected chi connectivity index (χ2v) is 7.75. The van der Waals surface area contributed by atoms with Gasteiger partial charge < -0.3 is 20.1 Å². The van der Waals surface area contributed by atoms with E-state index in [0.717, 1.165) is 40.6 Å². The number of carbonyl (C=O) groups is 1.